The van der Waals surface area contributed by atoms with Gasteiger partial charge in [-0.1, -0.05) is 19.8 Å². The van der Waals surface area contributed by atoms with Crippen molar-refractivity contribution in [3.05, 3.63) is 12.8 Å². The first-order chi connectivity index (χ1) is 4.29. The molecule has 1 aliphatic rings. The third kappa shape index (κ3) is 3.76. The van der Waals surface area contributed by atoms with Crippen molar-refractivity contribution in [1.82, 2.24) is 0 Å². The molecule has 0 heterocycles. The van der Waals surface area contributed by atoms with Crippen molar-refractivity contribution in [3.63, 3.8) is 0 Å². The van der Waals surface area contributed by atoms with Gasteiger partial charge < -0.3 is 12.8 Å². The summed E-state index contributed by atoms with van der Waals surface area (Å²) in [5.74, 6) is 2.40. The average Bonchev–Trinajstić information content (AvgIpc) is 2.15. The first-order valence-corrected chi connectivity index (χ1v) is 3.95. The van der Waals surface area contributed by atoms with E-state index in [1.807, 2.05) is 0 Å². The smallest absolute Gasteiger partial charge is 0.343 e. The molecule has 58 valence electrons. The number of hydrogen-bond donors (Lipinski definition) is 0. The molecule has 0 spiro atoms. The Bertz CT molecular complexity index is 72.8. The molecule has 0 saturated heterocycles. The third-order valence-corrected chi connectivity index (χ3v) is 1.95. The molecule has 10 heavy (non-hydrogen) atoms. The van der Waals surface area contributed by atoms with E-state index in [9.17, 15) is 0 Å². The predicted molar refractivity (Wildman–Crippen MR) is 40.8 cm³/mol. The van der Waals surface area contributed by atoms with E-state index in [1.165, 1.54) is 32.1 Å². The van der Waals surface area contributed by atoms with Crippen LogP contribution in [-0.4, -0.2) is 0 Å². The first-order valence-electron chi connectivity index (χ1n) is 3.95. The van der Waals surface area contributed by atoms with E-state index in [0.717, 1.165) is 0 Å². The van der Waals surface area contributed by atoms with Crippen LogP contribution in [0, 0.1) is 18.8 Å². The summed E-state index contributed by atoms with van der Waals surface area (Å²) in [6.07, 6.45) is 6.92. The van der Waals surface area contributed by atoms with Gasteiger partial charge in [0.1, 0.15) is 0 Å². The Labute approximate surface area is 79.0 Å². The molecule has 0 bridgehead atoms. The zero-order valence-corrected chi connectivity index (χ0v) is 9.66. The zero-order chi connectivity index (χ0) is 6.69. The van der Waals surface area contributed by atoms with Crippen LogP contribution in [0.15, 0.2) is 0 Å². The Balaban J connectivity index is 0.000000810. The normalized spacial score (nSPS) is 22.2. The molecule has 0 amide bonds. The quantitative estimate of drug-likeness (QED) is 0.688. The fourth-order valence-electron chi connectivity index (χ4n) is 1.57. The van der Waals surface area contributed by atoms with Gasteiger partial charge in [0.15, 0.2) is 0 Å². The molecule has 0 aromatic heterocycles. The van der Waals surface area contributed by atoms with Crippen LogP contribution in [0.3, 0.4) is 0 Å². The molecule has 1 atom stereocenters. The van der Waals surface area contributed by atoms with Crippen molar-refractivity contribution in [2.75, 3.05) is 0 Å². The monoisotopic (exact) mass is 308 g/mol. The molecular formula is C9H16W. The zero-order valence-electron chi connectivity index (χ0n) is 6.73. The minimum Gasteiger partial charge on any atom is -0.343 e. The number of rotatable bonds is 2. The van der Waals surface area contributed by atoms with Gasteiger partial charge >= 0.3 is 21.1 Å². The van der Waals surface area contributed by atoms with E-state index >= 15 is 0 Å². The minimum absolute atomic E-state index is 0. The van der Waals surface area contributed by atoms with Crippen LogP contribution in [-0.2, 0) is 21.1 Å². The van der Waals surface area contributed by atoms with Gasteiger partial charge in [-0.05, 0) is 0 Å². The maximum Gasteiger partial charge on any atom is 2.00 e. The van der Waals surface area contributed by atoms with Gasteiger partial charge in [0.05, 0.1) is 0 Å². The molecule has 1 fully saturated rings. The van der Waals surface area contributed by atoms with Crippen molar-refractivity contribution >= 4 is 0 Å². The average molecular weight is 308 g/mol. The molecule has 0 radical (unpaired) electrons. The summed E-state index contributed by atoms with van der Waals surface area (Å²) in [6.45, 7) is 6.18. The molecule has 1 aliphatic carbocycles. The summed E-state index contributed by atoms with van der Waals surface area (Å²) in [5.41, 5.74) is 0. The van der Waals surface area contributed by atoms with Gasteiger partial charge in [0.25, 0.3) is 0 Å². The standard InChI is InChI=1S/C9H16.W/c1-8(2)7-9-5-3-4-6-9;/h8H,1,3-7H2,2H3;/q-2;+2. The van der Waals surface area contributed by atoms with E-state index in [4.69, 9.17) is 0 Å². The van der Waals surface area contributed by atoms with Gasteiger partial charge in [-0.15, -0.1) is 0 Å². The third-order valence-electron chi connectivity index (χ3n) is 1.95. The summed E-state index contributed by atoms with van der Waals surface area (Å²) in [7, 11) is 0. The minimum atomic E-state index is 0. The van der Waals surface area contributed by atoms with Gasteiger partial charge in [-0.3, -0.25) is 0 Å². The van der Waals surface area contributed by atoms with Crippen LogP contribution < -0.4 is 0 Å². The summed E-state index contributed by atoms with van der Waals surface area (Å²) >= 11 is 0. The second kappa shape index (κ2) is 5.35. The van der Waals surface area contributed by atoms with E-state index in [0.29, 0.717) is 5.92 Å². The Morgan fingerprint density at radius 2 is 1.90 bits per heavy atom. The van der Waals surface area contributed by atoms with Crippen molar-refractivity contribution in [2.24, 2.45) is 5.92 Å². The van der Waals surface area contributed by atoms with Crippen LogP contribution >= 0.6 is 0 Å². The molecule has 1 saturated carbocycles. The predicted octanol–water partition coefficient (Wildman–Crippen LogP) is 2.99. The van der Waals surface area contributed by atoms with Crippen LogP contribution in [0.25, 0.3) is 0 Å². The fourth-order valence-corrected chi connectivity index (χ4v) is 1.57. The molecule has 1 heteroatoms. The SMILES string of the molecule is [CH2-]C(C)C[C-]1CCCC1.[W+2]. The van der Waals surface area contributed by atoms with Crippen LogP contribution in [0.5, 0.6) is 0 Å². The van der Waals surface area contributed by atoms with Crippen molar-refractivity contribution in [3.8, 4) is 0 Å². The largest absolute Gasteiger partial charge is 2.00 e. The first kappa shape index (κ1) is 10.7. The van der Waals surface area contributed by atoms with Gasteiger partial charge in [-0.2, -0.15) is 18.8 Å². The van der Waals surface area contributed by atoms with E-state index in [-0.39, 0.29) is 21.1 Å². The second-order valence-electron chi connectivity index (χ2n) is 3.27. The number of hydrogen-bond acceptors (Lipinski definition) is 0. The molecule has 0 aromatic rings. The second-order valence-corrected chi connectivity index (χ2v) is 3.27. The van der Waals surface area contributed by atoms with E-state index < -0.39 is 0 Å². The van der Waals surface area contributed by atoms with Gasteiger partial charge in [0.2, 0.25) is 0 Å². The molecule has 0 aromatic carbocycles. The maximum atomic E-state index is 3.98. The molecule has 0 nitrogen and oxygen atoms in total. The summed E-state index contributed by atoms with van der Waals surface area (Å²) in [4.78, 5) is 0. The molecule has 1 unspecified atom stereocenters. The Hall–Kier alpha value is 0.688. The maximum absolute atomic E-state index is 3.98. The molecule has 0 aliphatic heterocycles. The van der Waals surface area contributed by atoms with Crippen LogP contribution in [0.2, 0.25) is 0 Å². The Morgan fingerprint density at radius 3 is 2.30 bits per heavy atom. The van der Waals surface area contributed by atoms with E-state index in [1.54, 1.807) is 5.92 Å². The Kier molecular flexibility index (Phi) is 5.72. The molecule has 0 N–H and O–H groups in total. The molecule has 1 rings (SSSR count). The van der Waals surface area contributed by atoms with Gasteiger partial charge in [0, 0.05) is 0 Å². The molecular weight excluding hydrogens is 292 g/mol. The van der Waals surface area contributed by atoms with Crippen LogP contribution in [0.4, 0.5) is 0 Å². The summed E-state index contributed by atoms with van der Waals surface area (Å²) < 4.78 is 0. The van der Waals surface area contributed by atoms with E-state index in [2.05, 4.69) is 13.8 Å². The van der Waals surface area contributed by atoms with Crippen LogP contribution in [0.1, 0.15) is 39.0 Å². The Morgan fingerprint density at radius 1 is 1.40 bits per heavy atom. The fraction of sp³-hybridized carbons (Fsp3) is 0.778. The van der Waals surface area contributed by atoms with Crippen molar-refractivity contribution in [2.45, 2.75) is 39.0 Å². The summed E-state index contributed by atoms with van der Waals surface area (Å²) in [5, 5.41) is 0. The topological polar surface area (TPSA) is 0 Å². The van der Waals surface area contributed by atoms with Gasteiger partial charge in [-0.25, -0.2) is 6.42 Å². The van der Waals surface area contributed by atoms with Crippen molar-refractivity contribution in [1.29, 1.82) is 0 Å². The summed E-state index contributed by atoms with van der Waals surface area (Å²) in [6, 6.07) is 0. The van der Waals surface area contributed by atoms with Crippen molar-refractivity contribution < 1.29 is 21.1 Å².